The van der Waals surface area contributed by atoms with Crippen LogP contribution in [0.3, 0.4) is 0 Å². The molecule has 2 aromatic rings. The minimum absolute atomic E-state index is 0.132. The van der Waals surface area contributed by atoms with E-state index in [0.29, 0.717) is 21.3 Å². The van der Waals surface area contributed by atoms with Gasteiger partial charge in [0.25, 0.3) is 5.91 Å². The summed E-state index contributed by atoms with van der Waals surface area (Å²) in [7, 11) is 0. The summed E-state index contributed by atoms with van der Waals surface area (Å²) < 4.78 is 0. The normalized spacial score (nSPS) is 10.1. The molecule has 4 nitrogen and oxygen atoms in total. The molecule has 2 aromatic carbocycles. The maximum absolute atomic E-state index is 11.9. The van der Waals surface area contributed by atoms with E-state index in [0.717, 1.165) is 5.56 Å². The van der Waals surface area contributed by atoms with E-state index in [2.05, 4.69) is 10.6 Å². The molecule has 2 N–H and O–H groups in total. The van der Waals surface area contributed by atoms with Gasteiger partial charge in [0.1, 0.15) is 0 Å². The Morgan fingerprint density at radius 3 is 2.41 bits per heavy atom. The summed E-state index contributed by atoms with van der Waals surface area (Å²) in [4.78, 5) is 23.8. The Labute approximate surface area is 138 Å². The molecule has 0 heterocycles. The number of hydrogen-bond donors (Lipinski definition) is 2. The summed E-state index contributed by atoms with van der Waals surface area (Å²) in [6, 6.07) is 11.7. The molecule has 0 radical (unpaired) electrons. The smallest absolute Gasteiger partial charge is 0.251 e. The van der Waals surface area contributed by atoms with Crippen molar-refractivity contribution in [3.05, 3.63) is 63.6 Å². The molecule has 114 valence electrons. The van der Waals surface area contributed by atoms with Crippen LogP contribution in [0.2, 0.25) is 10.0 Å². The van der Waals surface area contributed by atoms with Crippen LogP contribution >= 0.6 is 23.2 Å². The molecule has 0 unspecified atom stereocenters. The molecule has 0 bridgehead atoms. The number of rotatable bonds is 4. The van der Waals surface area contributed by atoms with E-state index in [4.69, 9.17) is 23.2 Å². The Bertz CT molecular complexity index is 700. The highest BCUT2D eigenvalue weighted by atomic mass is 35.5. The first-order chi connectivity index (χ1) is 10.5. The molecule has 2 amide bonds. The van der Waals surface area contributed by atoms with Gasteiger partial charge in [-0.1, -0.05) is 29.3 Å². The van der Waals surface area contributed by atoms with Crippen molar-refractivity contribution in [2.75, 3.05) is 11.9 Å². The third-order valence-electron chi connectivity index (χ3n) is 3.06. The zero-order valence-electron chi connectivity index (χ0n) is 11.8. The molecule has 0 fully saturated rings. The van der Waals surface area contributed by atoms with E-state index in [9.17, 15) is 9.59 Å². The molecule has 6 heteroatoms. The van der Waals surface area contributed by atoms with Gasteiger partial charge >= 0.3 is 0 Å². The van der Waals surface area contributed by atoms with Gasteiger partial charge in [-0.15, -0.1) is 0 Å². The van der Waals surface area contributed by atoms with Crippen LogP contribution in [0.25, 0.3) is 0 Å². The van der Waals surface area contributed by atoms with Crippen molar-refractivity contribution >= 4 is 40.7 Å². The first kappa shape index (κ1) is 16.3. The fourth-order valence-corrected chi connectivity index (χ4v) is 2.10. The van der Waals surface area contributed by atoms with Gasteiger partial charge in [-0.25, -0.2) is 0 Å². The van der Waals surface area contributed by atoms with E-state index in [1.807, 2.05) is 6.92 Å². The maximum Gasteiger partial charge on any atom is 0.251 e. The van der Waals surface area contributed by atoms with Crippen LogP contribution in [-0.4, -0.2) is 18.4 Å². The second kappa shape index (κ2) is 7.29. The van der Waals surface area contributed by atoms with Crippen LogP contribution in [0.15, 0.2) is 42.5 Å². The van der Waals surface area contributed by atoms with Crippen molar-refractivity contribution in [2.24, 2.45) is 0 Å². The molecule has 0 spiro atoms. The van der Waals surface area contributed by atoms with Gasteiger partial charge in [-0.3, -0.25) is 9.59 Å². The van der Waals surface area contributed by atoms with Crippen molar-refractivity contribution in [1.29, 1.82) is 0 Å². The number of benzene rings is 2. The average Bonchev–Trinajstić information content (AvgIpc) is 2.50. The van der Waals surface area contributed by atoms with Crippen molar-refractivity contribution in [1.82, 2.24) is 5.32 Å². The number of carbonyl (C=O) groups is 2. The summed E-state index contributed by atoms with van der Waals surface area (Å²) in [5.74, 6) is -0.665. The quantitative estimate of drug-likeness (QED) is 0.894. The molecule has 22 heavy (non-hydrogen) atoms. The SMILES string of the molecule is Cc1c(Cl)cccc1NC(=O)CNC(=O)c1ccc(Cl)cc1. The Morgan fingerprint density at radius 2 is 1.73 bits per heavy atom. The molecule has 0 saturated heterocycles. The minimum atomic E-state index is -0.338. The van der Waals surface area contributed by atoms with Gasteiger partial charge < -0.3 is 10.6 Å². The highest BCUT2D eigenvalue weighted by molar-refractivity contribution is 6.31. The minimum Gasteiger partial charge on any atom is -0.343 e. The molecule has 0 aliphatic rings. The molecule has 0 aliphatic heterocycles. The number of anilines is 1. The van der Waals surface area contributed by atoms with Crippen molar-refractivity contribution in [3.63, 3.8) is 0 Å². The van der Waals surface area contributed by atoms with Crippen molar-refractivity contribution < 1.29 is 9.59 Å². The lowest BCUT2D eigenvalue weighted by Gasteiger charge is -2.10. The molecular formula is C16H14Cl2N2O2. The zero-order valence-corrected chi connectivity index (χ0v) is 13.3. The predicted molar refractivity (Wildman–Crippen MR) is 88.6 cm³/mol. The second-order valence-electron chi connectivity index (χ2n) is 4.65. The van der Waals surface area contributed by atoms with Gasteiger partial charge in [-0.2, -0.15) is 0 Å². The molecular weight excluding hydrogens is 323 g/mol. The monoisotopic (exact) mass is 336 g/mol. The van der Waals surface area contributed by atoms with Crippen LogP contribution in [-0.2, 0) is 4.79 Å². The van der Waals surface area contributed by atoms with Crippen LogP contribution in [0.1, 0.15) is 15.9 Å². The molecule has 2 rings (SSSR count). The van der Waals surface area contributed by atoms with E-state index >= 15 is 0 Å². The Morgan fingerprint density at radius 1 is 1.05 bits per heavy atom. The van der Waals surface area contributed by atoms with Crippen LogP contribution in [0, 0.1) is 6.92 Å². The Kier molecular flexibility index (Phi) is 5.41. The number of amides is 2. The lowest BCUT2D eigenvalue weighted by molar-refractivity contribution is -0.115. The van der Waals surface area contributed by atoms with Gasteiger partial charge in [-0.05, 0) is 48.9 Å². The van der Waals surface area contributed by atoms with Gasteiger partial charge in [0.2, 0.25) is 5.91 Å². The van der Waals surface area contributed by atoms with Crippen molar-refractivity contribution in [3.8, 4) is 0 Å². The van der Waals surface area contributed by atoms with Crippen LogP contribution in [0.4, 0.5) is 5.69 Å². The summed E-state index contributed by atoms with van der Waals surface area (Å²) in [6.07, 6.45) is 0. The van der Waals surface area contributed by atoms with Crippen molar-refractivity contribution in [2.45, 2.75) is 6.92 Å². The van der Waals surface area contributed by atoms with Gasteiger partial charge in [0.05, 0.1) is 6.54 Å². The van der Waals surface area contributed by atoms with Crippen LogP contribution in [0.5, 0.6) is 0 Å². The van der Waals surface area contributed by atoms with E-state index in [1.165, 1.54) is 0 Å². The molecule has 0 saturated carbocycles. The van der Waals surface area contributed by atoms with E-state index in [-0.39, 0.29) is 18.4 Å². The summed E-state index contributed by atoms with van der Waals surface area (Å²) in [5.41, 5.74) is 1.84. The predicted octanol–water partition coefficient (Wildman–Crippen LogP) is 3.67. The zero-order chi connectivity index (χ0) is 16.1. The van der Waals surface area contributed by atoms with E-state index in [1.54, 1.807) is 42.5 Å². The first-order valence-electron chi connectivity index (χ1n) is 6.56. The number of carbonyl (C=O) groups excluding carboxylic acids is 2. The largest absolute Gasteiger partial charge is 0.343 e. The summed E-state index contributed by atoms with van der Waals surface area (Å²) in [5, 5.41) is 6.37. The number of nitrogens with one attached hydrogen (secondary N) is 2. The Balaban J connectivity index is 1.91. The highest BCUT2D eigenvalue weighted by Crippen LogP contribution is 2.22. The third kappa shape index (κ3) is 4.23. The van der Waals surface area contributed by atoms with E-state index < -0.39 is 0 Å². The van der Waals surface area contributed by atoms with Gasteiger partial charge in [0.15, 0.2) is 0 Å². The summed E-state index contributed by atoms with van der Waals surface area (Å²) >= 11 is 11.7. The average molecular weight is 337 g/mol. The molecule has 0 aliphatic carbocycles. The number of halogens is 2. The Hall–Kier alpha value is -2.04. The summed E-state index contributed by atoms with van der Waals surface area (Å²) in [6.45, 7) is 1.68. The topological polar surface area (TPSA) is 58.2 Å². The second-order valence-corrected chi connectivity index (χ2v) is 5.49. The lowest BCUT2D eigenvalue weighted by Crippen LogP contribution is -2.32. The van der Waals surface area contributed by atoms with Crippen LogP contribution < -0.4 is 10.6 Å². The first-order valence-corrected chi connectivity index (χ1v) is 7.31. The fraction of sp³-hybridized carbons (Fsp3) is 0.125. The standard InChI is InChI=1S/C16H14Cl2N2O2/c1-10-13(18)3-2-4-14(10)20-15(21)9-19-16(22)11-5-7-12(17)8-6-11/h2-8H,9H2,1H3,(H,19,22)(H,20,21). The number of hydrogen-bond acceptors (Lipinski definition) is 2. The maximum atomic E-state index is 11.9. The molecule has 0 aromatic heterocycles. The molecule has 0 atom stereocenters. The lowest BCUT2D eigenvalue weighted by atomic mass is 10.2. The van der Waals surface area contributed by atoms with Gasteiger partial charge in [0, 0.05) is 21.3 Å². The third-order valence-corrected chi connectivity index (χ3v) is 3.72. The highest BCUT2D eigenvalue weighted by Gasteiger charge is 2.10. The fourth-order valence-electron chi connectivity index (χ4n) is 1.80.